The lowest BCUT2D eigenvalue weighted by molar-refractivity contribution is 0.230. The Morgan fingerprint density at radius 1 is 0.857 bits per heavy atom. The van der Waals surface area contributed by atoms with Crippen LogP contribution in [-0.2, 0) is 26.6 Å². The van der Waals surface area contributed by atoms with Gasteiger partial charge in [-0.25, -0.2) is 0 Å². The van der Waals surface area contributed by atoms with Crippen molar-refractivity contribution in [1.29, 1.82) is 0 Å². The van der Waals surface area contributed by atoms with Crippen LogP contribution in [0.1, 0.15) is 32.0 Å². The van der Waals surface area contributed by atoms with Gasteiger partial charge < -0.3 is 13.6 Å². The third kappa shape index (κ3) is 4.30. The van der Waals surface area contributed by atoms with Gasteiger partial charge in [-0.05, 0) is 37.5 Å². The third-order valence-electron chi connectivity index (χ3n) is 4.65. The molecule has 0 fully saturated rings. The Labute approximate surface area is 167 Å². The Balaban J connectivity index is 2.23. The zero-order chi connectivity index (χ0) is 20.0. The molecule has 2 aromatic carbocycles. The minimum Gasteiger partial charge on any atom is -0.339 e. The summed E-state index contributed by atoms with van der Waals surface area (Å²) >= 11 is 0. The highest BCUT2D eigenvalue weighted by Gasteiger charge is 2.33. The van der Waals surface area contributed by atoms with Crippen molar-refractivity contribution < 1.29 is 13.6 Å². The molecule has 1 aromatic heterocycles. The van der Waals surface area contributed by atoms with Gasteiger partial charge in [-0.15, -0.1) is 0 Å². The zero-order valence-electron chi connectivity index (χ0n) is 16.8. The standard InChI is InChI=1S/C23H28NO3P/c1-4-21-17-22(28(25,26-5-2)27-6-3)23(20-15-11-8-12-16-20)24(21)18-19-13-9-7-10-14-19/h7-17H,4-6,18H2,1-3H3. The van der Waals surface area contributed by atoms with Crippen molar-refractivity contribution in [3.8, 4) is 11.3 Å². The number of hydrogen-bond donors (Lipinski definition) is 0. The summed E-state index contributed by atoms with van der Waals surface area (Å²) in [6.45, 7) is 7.16. The average molecular weight is 397 g/mol. The number of aromatic nitrogens is 1. The predicted molar refractivity (Wildman–Crippen MR) is 115 cm³/mol. The van der Waals surface area contributed by atoms with E-state index in [2.05, 4.69) is 23.6 Å². The Hall–Kier alpha value is -2.13. The van der Waals surface area contributed by atoms with Gasteiger partial charge in [-0.3, -0.25) is 4.57 Å². The van der Waals surface area contributed by atoms with Gasteiger partial charge in [0.1, 0.15) is 0 Å². The molecular formula is C23H28NO3P. The Morgan fingerprint density at radius 3 is 1.96 bits per heavy atom. The van der Waals surface area contributed by atoms with Crippen LogP contribution in [0.5, 0.6) is 0 Å². The van der Waals surface area contributed by atoms with Gasteiger partial charge in [-0.2, -0.15) is 0 Å². The fraction of sp³-hybridized carbons (Fsp3) is 0.304. The van der Waals surface area contributed by atoms with E-state index in [9.17, 15) is 4.57 Å². The Bertz CT molecular complexity index is 925. The quantitative estimate of drug-likeness (QED) is 0.438. The molecule has 0 aliphatic heterocycles. The molecule has 0 unspecified atom stereocenters. The molecule has 3 rings (SSSR count). The van der Waals surface area contributed by atoms with E-state index < -0.39 is 7.60 Å². The molecule has 28 heavy (non-hydrogen) atoms. The topological polar surface area (TPSA) is 40.5 Å². The predicted octanol–water partition coefficient (Wildman–Crippen LogP) is 5.66. The van der Waals surface area contributed by atoms with Crippen molar-refractivity contribution in [2.24, 2.45) is 0 Å². The zero-order valence-corrected chi connectivity index (χ0v) is 17.7. The molecular weight excluding hydrogens is 369 g/mol. The van der Waals surface area contributed by atoms with E-state index in [0.717, 1.165) is 23.4 Å². The van der Waals surface area contributed by atoms with E-state index in [1.165, 1.54) is 5.56 Å². The summed E-state index contributed by atoms with van der Waals surface area (Å²) in [7, 11) is -3.42. The average Bonchev–Trinajstić information content (AvgIpc) is 3.09. The molecule has 5 heteroatoms. The van der Waals surface area contributed by atoms with Crippen LogP contribution in [0, 0.1) is 0 Å². The second-order valence-corrected chi connectivity index (χ2v) is 8.49. The molecule has 3 aromatic rings. The minimum absolute atomic E-state index is 0.330. The van der Waals surface area contributed by atoms with Crippen LogP contribution < -0.4 is 5.30 Å². The number of aryl methyl sites for hydroxylation is 1. The maximum atomic E-state index is 13.7. The minimum atomic E-state index is -3.42. The number of hydrogen-bond acceptors (Lipinski definition) is 3. The van der Waals surface area contributed by atoms with E-state index >= 15 is 0 Å². The van der Waals surface area contributed by atoms with Gasteiger partial charge in [0.15, 0.2) is 0 Å². The summed E-state index contributed by atoms with van der Waals surface area (Å²) in [5.41, 5.74) is 4.22. The van der Waals surface area contributed by atoms with Gasteiger partial charge in [-0.1, -0.05) is 67.6 Å². The highest BCUT2D eigenvalue weighted by Crippen LogP contribution is 2.50. The fourth-order valence-corrected chi connectivity index (χ4v) is 5.30. The van der Waals surface area contributed by atoms with Gasteiger partial charge in [0.05, 0.1) is 24.2 Å². The molecule has 0 N–H and O–H groups in total. The Morgan fingerprint density at radius 2 is 1.43 bits per heavy atom. The van der Waals surface area contributed by atoms with Crippen LogP contribution in [0.4, 0.5) is 0 Å². The van der Waals surface area contributed by atoms with Crippen molar-refractivity contribution in [2.75, 3.05) is 13.2 Å². The van der Waals surface area contributed by atoms with E-state index in [0.29, 0.717) is 25.1 Å². The Kier molecular flexibility index (Phi) is 6.90. The molecule has 0 saturated heterocycles. The molecule has 0 spiro atoms. The molecule has 4 nitrogen and oxygen atoms in total. The second-order valence-electron chi connectivity index (χ2n) is 6.49. The van der Waals surface area contributed by atoms with Crippen LogP contribution in [0.3, 0.4) is 0 Å². The van der Waals surface area contributed by atoms with E-state index in [4.69, 9.17) is 9.05 Å². The van der Waals surface area contributed by atoms with Crippen LogP contribution in [0.25, 0.3) is 11.3 Å². The van der Waals surface area contributed by atoms with E-state index in [1.807, 2.05) is 68.4 Å². The SMILES string of the molecule is CCOP(=O)(OCC)c1cc(CC)n(Cc2ccccc2)c1-c1ccccc1. The number of rotatable bonds is 9. The smallest absolute Gasteiger partial charge is 0.339 e. The maximum absolute atomic E-state index is 13.7. The fourth-order valence-electron chi connectivity index (χ4n) is 3.45. The number of nitrogens with zero attached hydrogens (tertiary/aromatic N) is 1. The van der Waals surface area contributed by atoms with Crippen LogP contribution in [0.2, 0.25) is 0 Å². The number of benzene rings is 2. The van der Waals surface area contributed by atoms with Crippen molar-refractivity contribution >= 4 is 12.9 Å². The molecule has 0 amide bonds. The molecule has 0 saturated carbocycles. The molecule has 1 heterocycles. The first-order chi connectivity index (χ1) is 13.6. The van der Waals surface area contributed by atoms with Gasteiger partial charge in [0, 0.05) is 12.2 Å². The highest BCUT2D eigenvalue weighted by atomic mass is 31.2. The molecule has 0 radical (unpaired) electrons. The van der Waals surface area contributed by atoms with Gasteiger partial charge >= 0.3 is 7.60 Å². The van der Waals surface area contributed by atoms with Crippen molar-refractivity contribution in [2.45, 2.75) is 33.7 Å². The van der Waals surface area contributed by atoms with Crippen molar-refractivity contribution in [1.82, 2.24) is 4.57 Å². The third-order valence-corrected chi connectivity index (χ3v) is 6.78. The van der Waals surface area contributed by atoms with Gasteiger partial charge in [0.2, 0.25) is 0 Å². The van der Waals surface area contributed by atoms with E-state index in [-0.39, 0.29) is 0 Å². The monoisotopic (exact) mass is 397 g/mol. The van der Waals surface area contributed by atoms with Crippen molar-refractivity contribution in [3.63, 3.8) is 0 Å². The van der Waals surface area contributed by atoms with Crippen molar-refractivity contribution in [3.05, 3.63) is 78.0 Å². The van der Waals surface area contributed by atoms with Gasteiger partial charge in [0.25, 0.3) is 0 Å². The lowest BCUT2D eigenvalue weighted by atomic mass is 10.1. The molecule has 0 aliphatic rings. The summed E-state index contributed by atoms with van der Waals surface area (Å²) in [6, 6.07) is 22.4. The summed E-state index contributed by atoms with van der Waals surface area (Å²) in [6.07, 6.45) is 0.824. The normalized spacial score (nSPS) is 11.7. The lowest BCUT2D eigenvalue weighted by Gasteiger charge is -2.19. The largest absolute Gasteiger partial charge is 0.363 e. The summed E-state index contributed by atoms with van der Waals surface area (Å²) in [5.74, 6) is 0. The van der Waals surface area contributed by atoms with Crippen LogP contribution in [0.15, 0.2) is 66.7 Å². The van der Waals surface area contributed by atoms with Crippen LogP contribution in [-0.4, -0.2) is 17.8 Å². The first-order valence-corrected chi connectivity index (χ1v) is 11.4. The van der Waals surface area contributed by atoms with Crippen LogP contribution >= 0.6 is 7.60 Å². The summed E-state index contributed by atoms with van der Waals surface area (Å²) in [5, 5.41) is 0.648. The highest BCUT2D eigenvalue weighted by molar-refractivity contribution is 7.62. The summed E-state index contributed by atoms with van der Waals surface area (Å²) in [4.78, 5) is 0. The summed E-state index contributed by atoms with van der Waals surface area (Å²) < 4.78 is 27.3. The first kappa shape index (κ1) is 20.6. The first-order valence-electron chi connectivity index (χ1n) is 9.84. The maximum Gasteiger partial charge on any atom is 0.363 e. The van der Waals surface area contributed by atoms with E-state index in [1.54, 1.807) is 0 Å². The second kappa shape index (κ2) is 9.38. The lowest BCUT2D eigenvalue weighted by Crippen LogP contribution is -2.14. The molecule has 0 aliphatic carbocycles. The molecule has 0 atom stereocenters. The molecule has 0 bridgehead atoms. The molecule has 148 valence electrons.